The molecule has 0 radical (unpaired) electrons. The maximum Gasteiger partial charge on any atom is -0.00444 e. The van der Waals surface area contributed by atoms with Gasteiger partial charge in [-0.15, -0.1) is 0 Å². The van der Waals surface area contributed by atoms with Crippen LogP contribution in [0.25, 0.3) is 0 Å². The topological polar surface area (TPSA) is 0 Å². The molecule has 0 spiro atoms. The molecule has 1 heteroatoms. The highest BCUT2D eigenvalue weighted by Gasteiger charge is 1.90. The quantitative estimate of drug-likeness (QED) is 0.566. The second-order valence-electron chi connectivity index (χ2n) is 2.47. The molecule has 64 valence electrons. The Bertz CT molecular complexity index is 42.0. The SMILES string of the molecule is CC.CCCSCC(C)C. The first kappa shape index (κ1) is 13.0. The Hall–Kier alpha value is 0.350. The standard InChI is InChI=1S/C7H16S.C2H6/c1-4-5-8-6-7(2)3;1-2/h7H,4-6H2,1-3H3;1-2H3. The molecule has 0 amide bonds. The van der Waals surface area contributed by atoms with Crippen LogP contribution in [-0.4, -0.2) is 11.5 Å². The molecule has 0 bridgehead atoms. The van der Waals surface area contributed by atoms with Crippen molar-refractivity contribution in [2.45, 2.75) is 41.0 Å². The van der Waals surface area contributed by atoms with Gasteiger partial charge >= 0.3 is 0 Å². The summed E-state index contributed by atoms with van der Waals surface area (Å²) >= 11 is 2.06. The predicted molar refractivity (Wildman–Crippen MR) is 53.8 cm³/mol. The molecular weight excluding hydrogens is 140 g/mol. The molecule has 0 aromatic carbocycles. The fourth-order valence-electron chi connectivity index (χ4n) is 0.463. The van der Waals surface area contributed by atoms with E-state index in [2.05, 4.69) is 32.5 Å². The highest BCUT2D eigenvalue weighted by atomic mass is 32.2. The van der Waals surface area contributed by atoms with Crippen molar-refractivity contribution < 1.29 is 0 Å². The summed E-state index contributed by atoms with van der Waals surface area (Å²) in [6, 6.07) is 0. The first-order valence-electron chi connectivity index (χ1n) is 4.35. The van der Waals surface area contributed by atoms with Crippen LogP contribution in [0.4, 0.5) is 0 Å². The van der Waals surface area contributed by atoms with E-state index >= 15 is 0 Å². The van der Waals surface area contributed by atoms with E-state index in [4.69, 9.17) is 0 Å². The van der Waals surface area contributed by atoms with Crippen LogP contribution in [0.2, 0.25) is 0 Å². The molecule has 10 heavy (non-hydrogen) atoms. The minimum atomic E-state index is 0.867. The van der Waals surface area contributed by atoms with Crippen LogP contribution in [0.1, 0.15) is 41.0 Å². The van der Waals surface area contributed by atoms with Gasteiger partial charge in [-0.05, 0) is 23.8 Å². The van der Waals surface area contributed by atoms with Gasteiger partial charge in [0.2, 0.25) is 0 Å². The van der Waals surface area contributed by atoms with Gasteiger partial charge in [-0.25, -0.2) is 0 Å². The van der Waals surface area contributed by atoms with E-state index in [0.29, 0.717) is 0 Å². The van der Waals surface area contributed by atoms with Crippen molar-refractivity contribution in [1.29, 1.82) is 0 Å². The molecule has 0 aliphatic heterocycles. The molecule has 0 atom stereocenters. The number of hydrogen-bond acceptors (Lipinski definition) is 1. The summed E-state index contributed by atoms with van der Waals surface area (Å²) in [4.78, 5) is 0. The monoisotopic (exact) mass is 162 g/mol. The normalized spacial score (nSPS) is 9.00. The molecule has 0 nitrogen and oxygen atoms in total. The van der Waals surface area contributed by atoms with E-state index in [9.17, 15) is 0 Å². The smallest absolute Gasteiger partial charge is 0.00444 e. The molecule has 0 rings (SSSR count). The zero-order valence-electron chi connectivity index (χ0n) is 8.11. The van der Waals surface area contributed by atoms with Crippen molar-refractivity contribution in [3.8, 4) is 0 Å². The molecule has 0 saturated heterocycles. The van der Waals surface area contributed by atoms with Gasteiger partial charge in [0, 0.05) is 0 Å². The van der Waals surface area contributed by atoms with Crippen molar-refractivity contribution in [1.82, 2.24) is 0 Å². The maximum absolute atomic E-state index is 2.27. The van der Waals surface area contributed by atoms with Gasteiger partial charge < -0.3 is 0 Å². The van der Waals surface area contributed by atoms with Crippen LogP contribution < -0.4 is 0 Å². The number of rotatable bonds is 4. The molecular formula is C9H22S. The lowest BCUT2D eigenvalue weighted by atomic mass is 10.3. The van der Waals surface area contributed by atoms with Crippen molar-refractivity contribution in [3.05, 3.63) is 0 Å². The highest BCUT2D eigenvalue weighted by molar-refractivity contribution is 7.99. The summed E-state index contributed by atoms with van der Waals surface area (Å²) in [5.41, 5.74) is 0. The van der Waals surface area contributed by atoms with E-state index in [0.717, 1.165) is 5.92 Å². The molecule has 0 aromatic heterocycles. The van der Waals surface area contributed by atoms with Crippen LogP contribution >= 0.6 is 11.8 Å². The summed E-state index contributed by atoms with van der Waals surface area (Å²) in [5, 5.41) is 0. The summed E-state index contributed by atoms with van der Waals surface area (Å²) in [6.07, 6.45) is 1.32. The zero-order valence-corrected chi connectivity index (χ0v) is 8.92. The molecule has 0 aliphatic rings. The minimum absolute atomic E-state index is 0.867. The van der Waals surface area contributed by atoms with Crippen LogP contribution in [0.15, 0.2) is 0 Å². The lowest BCUT2D eigenvalue weighted by molar-refractivity contribution is 0.750. The zero-order chi connectivity index (χ0) is 8.41. The summed E-state index contributed by atoms with van der Waals surface area (Å²) in [6.45, 7) is 10.8. The summed E-state index contributed by atoms with van der Waals surface area (Å²) < 4.78 is 0. The van der Waals surface area contributed by atoms with Crippen molar-refractivity contribution >= 4 is 11.8 Å². The molecule has 0 saturated carbocycles. The molecule has 0 heterocycles. The molecule has 0 N–H and O–H groups in total. The lowest BCUT2D eigenvalue weighted by Crippen LogP contribution is -1.90. The van der Waals surface area contributed by atoms with Crippen LogP contribution in [0.3, 0.4) is 0 Å². The van der Waals surface area contributed by atoms with E-state index in [1.54, 1.807) is 0 Å². The highest BCUT2D eigenvalue weighted by Crippen LogP contribution is 2.07. The fraction of sp³-hybridized carbons (Fsp3) is 1.00. The van der Waals surface area contributed by atoms with Gasteiger partial charge in [-0.3, -0.25) is 0 Å². The number of thioether (sulfide) groups is 1. The molecule has 0 aliphatic carbocycles. The van der Waals surface area contributed by atoms with Gasteiger partial charge in [0.1, 0.15) is 0 Å². The first-order valence-corrected chi connectivity index (χ1v) is 5.50. The third kappa shape index (κ3) is 15.8. The Balaban J connectivity index is 0. The van der Waals surface area contributed by atoms with E-state index in [1.165, 1.54) is 17.9 Å². The van der Waals surface area contributed by atoms with Crippen molar-refractivity contribution in [2.24, 2.45) is 5.92 Å². The minimum Gasteiger partial charge on any atom is -0.162 e. The van der Waals surface area contributed by atoms with Crippen LogP contribution in [0.5, 0.6) is 0 Å². The molecule has 0 aromatic rings. The maximum atomic E-state index is 2.27. The molecule has 0 unspecified atom stereocenters. The average molecular weight is 162 g/mol. The van der Waals surface area contributed by atoms with Gasteiger partial charge in [-0.1, -0.05) is 34.6 Å². The average Bonchev–Trinajstić information content (AvgIpc) is 1.92. The second kappa shape index (κ2) is 12.1. The second-order valence-corrected chi connectivity index (χ2v) is 3.62. The Morgan fingerprint density at radius 1 is 1.20 bits per heavy atom. The van der Waals surface area contributed by atoms with Gasteiger partial charge in [-0.2, -0.15) is 11.8 Å². The van der Waals surface area contributed by atoms with Gasteiger partial charge in [0.25, 0.3) is 0 Å². The summed E-state index contributed by atoms with van der Waals surface area (Å²) in [5.74, 6) is 3.53. The Morgan fingerprint density at radius 2 is 1.70 bits per heavy atom. The first-order chi connectivity index (χ1) is 4.77. The van der Waals surface area contributed by atoms with Crippen LogP contribution in [-0.2, 0) is 0 Å². The Morgan fingerprint density at radius 3 is 2.00 bits per heavy atom. The fourth-order valence-corrected chi connectivity index (χ4v) is 1.39. The molecule has 0 fully saturated rings. The van der Waals surface area contributed by atoms with Crippen molar-refractivity contribution in [3.63, 3.8) is 0 Å². The van der Waals surface area contributed by atoms with Gasteiger partial charge in [0.05, 0.1) is 0 Å². The van der Waals surface area contributed by atoms with Gasteiger partial charge in [0.15, 0.2) is 0 Å². The third-order valence-corrected chi connectivity index (χ3v) is 2.40. The largest absolute Gasteiger partial charge is 0.162 e. The van der Waals surface area contributed by atoms with Crippen molar-refractivity contribution in [2.75, 3.05) is 11.5 Å². The third-order valence-electron chi connectivity index (χ3n) is 0.800. The van der Waals surface area contributed by atoms with E-state index in [1.807, 2.05) is 13.8 Å². The Kier molecular flexibility index (Phi) is 15.7. The number of hydrogen-bond donors (Lipinski definition) is 0. The predicted octanol–water partition coefficient (Wildman–Crippen LogP) is 3.81. The Labute approximate surface area is 70.8 Å². The van der Waals surface area contributed by atoms with E-state index in [-0.39, 0.29) is 0 Å². The van der Waals surface area contributed by atoms with Crippen LogP contribution in [0, 0.1) is 5.92 Å². The van der Waals surface area contributed by atoms with E-state index < -0.39 is 0 Å². The lowest BCUT2D eigenvalue weighted by Gasteiger charge is -2.00. The summed E-state index contributed by atoms with van der Waals surface area (Å²) in [7, 11) is 0.